The van der Waals surface area contributed by atoms with Gasteiger partial charge in [0, 0.05) is 12.5 Å². The summed E-state index contributed by atoms with van der Waals surface area (Å²) in [6.07, 6.45) is 2.39. The second-order valence-corrected chi connectivity index (χ2v) is 9.89. The van der Waals surface area contributed by atoms with Crippen molar-refractivity contribution in [2.24, 2.45) is 5.92 Å². The molecule has 3 heterocycles. The molecule has 1 aliphatic rings. The number of ether oxygens (including phenoxy) is 1. The van der Waals surface area contributed by atoms with Gasteiger partial charge in [0.2, 0.25) is 11.8 Å². The summed E-state index contributed by atoms with van der Waals surface area (Å²) in [6.45, 7) is 1.67. The van der Waals surface area contributed by atoms with Crippen LogP contribution in [0.2, 0.25) is 0 Å². The van der Waals surface area contributed by atoms with Crippen LogP contribution in [0.5, 0.6) is 5.88 Å². The number of phosphoric ester groups is 1. The minimum atomic E-state index is -3.56. The number of aryl methyl sites for hydroxylation is 1. The number of imidazole rings is 1. The Morgan fingerprint density at radius 3 is 2.31 bits per heavy atom. The van der Waals surface area contributed by atoms with Gasteiger partial charge in [-0.2, -0.15) is 9.97 Å². The first-order valence-electron chi connectivity index (χ1n) is 11.3. The van der Waals surface area contributed by atoms with Gasteiger partial charge in [-0.05, 0) is 17.5 Å². The number of benzene rings is 2. The molecule has 1 fully saturated rings. The van der Waals surface area contributed by atoms with Crippen LogP contribution in [0.1, 0.15) is 17.5 Å². The molecule has 0 spiro atoms. The molecule has 0 aliphatic carbocycles. The number of nitrogens with zero attached hydrogens (tertiary/aromatic N) is 4. The molecule has 35 heavy (non-hydrogen) atoms. The Labute approximate surface area is 202 Å². The van der Waals surface area contributed by atoms with Crippen LogP contribution in [0.3, 0.4) is 0 Å². The Kier molecular flexibility index (Phi) is 7.06. The van der Waals surface area contributed by atoms with E-state index in [0.29, 0.717) is 36.6 Å². The average Bonchev–Trinajstić information content (AvgIpc) is 3.30. The monoisotopic (exact) mass is 495 g/mol. The summed E-state index contributed by atoms with van der Waals surface area (Å²) in [4.78, 5) is 13.0. The molecule has 2 aromatic heterocycles. The lowest BCUT2D eigenvalue weighted by atomic mass is 10.1. The highest BCUT2D eigenvalue weighted by Crippen LogP contribution is 2.53. The minimum absolute atomic E-state index is 0.0443. The van der Waals surface area contributed by atoms with Gasteiger partial charge in [-0.1, -0.05) is 60.7 Å². The lowest BCUT2D eigenvalue weighted by Gasteiger charge is -2.28. The highest BCUT2D eigenvalue weighted by atomic mass is 31.2. The number of hydrogen-bond acceptors (Lipinski definition) is 9. The maximum Gasteiger partial charge on any atom is 0.475 e. The van der Waals surface area contributed by atoms with Crippen LogP contribution in [-0.2, 0) is 37.9 Å². The highest BCUT2D eigenvalue weighted by molar-refractivity contribution is 7.48. The molecule has 0 atom stereocenters. The van der Waals surface area contributed by atoms with E-state index in [1.54, 1.807) is 6.33 Å². The number of phosphoric acid groups is 1. The zero-order valence-corrected chi connectivity index (χ0v) is 19.9. The van der Waals surface area contributed by atoms with Crippen molar-refractivity contribution in [3.63, 3.8) is 0 Å². The van der Waals surface area contributed by atoms with Crippen LogP contribution >= 0.6 is 7.82 Å². The summed E-state index contributed by atoms with van der Waals surface area (Å²) in [7, 11) is -3.56. The first-order chi connectivity index (χ1) is 17.1. The summed E-state index contributed by atoms with van der Waals surface area (Å²) in [5.41, 5.74) is 8.99. The third-order valence-electron chi connectivity index (χ3n) is 5.61. The largest absolute Gasteiger partial charge is 0.475 e. The smallest absolute Gasteiger partial charge is 0.471 e. The van der Waals surface area contributed by atoms with Gasteiger partial charge in [-0.25, -0.2) is 9.55 Å². The molecule has 10 nitrogen and oxygen atoms in total. The van der Waals surface area contributed by atoms with Crippen molar-refractivity contribution in [1.29, 1.82) is 0 Å². The molecule has 11 heteroatoms. The van der Waals surface area contributed by atoms with E-state index in [1.807, 2.05) is 65.2 Å². The fourth-order valence-corrected chi connectivity index (χ4v) is 5.01. The van der Waals surface area contributed by atoms with Crippen LogP contribution in [-0.4, -0.2) is 32.7 Å². The van der Waals surface area contributed by atoms with Gasteiger partial charge in [-0.15, -0.1) is 0 Å². The summed E-state index contributed by atoms with van der Waals surface area (Å²) in [5, 5.41) is 0. The lowest BCUT2D eigenvalue weighted by molar-refractivity contribution is 0.0322. The van der Waals surface area contributed by atoms with E-state index in [0.717, 1.165) is 11.1 Å². The summed E-state index contributed by atoms with van der Waals surface area (Å²) >= 11 is 0. The topological polar surface area (TPSA) is 124 Å². The Morgan fingerprint density at radius 2 is 1.63 bits per heavy atom. The number of hydrogen-bond donors (Lipinski definition) is 1. The maximum atomic E-state index is 12.7. The van der Waals surface area contributed by atoms with Crippen LogP contribution < -0.4 is 10.5 Å². The molecule has 4 aromatic rings. The number of nitrogen functional groups attached to an aromatic ring is 1. The molecular formula is C24H26N5O5P. The Bertz CT molecular complexity index is 1310. The van der Waals surface area contributed by atoms with E-state index >= 15 is 0 Å². The van der Waals surface area contributed by atoms with Gasteiger partial charge in [0.15, 0.2) is 11.2 Å². The predicted molar refractivity (Wildman–Crippen MR) is 129 cm³/mol. The second-order valence-electron chi connectivity index (χ2n) is 8.22. The van der Waals surface area contributed by atoms with Gasteiger partial charge in [0.05, 0.1) is 26.1 Å². The van der Waals surface area contributed by atoms with Crippen molar-refractivity contribution in [3.8, 4) is 5.88 Å². The van der Waals surface area contributed by atoms with Crippen molar-refractivity contribution < 1.29 is 22.9 Å². The van der Waals surface area contributed by atoms with Crippen molar-refractivity contribution in [3.05, 3.63) is 78.1 Å². The normalized spacial score (nSPS) is 20.2. The molecule has 182 valence electrons. The maximum absolute atomic E-state index is 12.7. The summed E-state index contributed by atoms with van der Waals surface area (Å²) in [5.74, 6) is 0.502. The van der Waals surface area contributed by atoms with Gasteiger partial charge >= 0.3 is 7.82 Å². The fraction of sp³-hybridized carbons (Fsp3) is 0.292. The van der Waals surface area contributed by atoms with Gasteiger partial charge in [0.1, 0.15) is 6.61 Å². The van der Waals surface area contributed by atoms with Crippen molar-refractivity contribution >= 4 is 24.9 Å². The Balaban J connectivity index is 1.17. The number of rotatable bonds is 9. The number of anilines is 1. The van der Waals surface area contributed by atoms with Crippen molar-refractivity contribution in [1.82, 2.24) is 19.5 Å². The molecule has 2 N–H and O–H groups in total. The highest BCUT2D eigenvalue weighted by Gasteiger charge is 2.34. The van der Waals surface area contributed by atoms with E-state index in [9.17, 15) is 4.57 Å². The van der Waals surface area contributed by atoms with E-state index < -0.39 is 7.82 Å². The second kappa shape index (κ2) is 10.5. The standard InChI is InChI=1S/C24H26N5O5P/c25-24-27-22-21(23(28-24)31-13-18-7-3-1-4-8-18)26-17-29(22)12-11-20-15-33-35(30,34-16-20)32-14-19-9-5-2-6-10-19/h1-10,17,20H,11-16H2,(H2,25,27,28). The summed E-state index contributed by atoms with van der Waals surface area (Å²) in [6, 6.07) is 19.3. The minimum Gasteiger partial charge on any atom is -0.471 e. The van der Waals surface area contributed by atoms with Crippen LogP contribution in [0, 0.1) is 5.92 Å². The SMILES string of the molecule is Nc1nc(OCc2ccccc2)c2ncn(CCC3COP(=O)(OCc4ccccc4)OC3)c2n1. The van der Waals surface area contributed by atoms with Crippen LogP contribution in [0.15, 0.2) is 67.0 Å². The van der Waals surface area contributed by atoms with E-state index in [4.69, 9.17) is 24.0 Å². The zero-order valence-electron chi connectivity index (χ0n) is 19.0. The molecule has 1 aliphatic heterocycles. The molecule has 1 saturated heterocycles. The average molecular weight is 495 g/mol. The molecule has 0 bridgehead atoms. The Hall–Kier alpha value is -3.30. The van der Waals surface area contributed by atoms with Crippen LogP contribution in [0.25, 0.3) is 11.2 Å². The Morgan fingerprint density at radius 1 is 0.971 bits per heavy atom. The number of fused-ring (bicyclic) bond motifs is 1. The summed E-state index contributed by atoms with van der Waals surface area (Å²) < 4.78 is 36.9. The molecular weight excluding hydrogens is 469 g/mol. The molecule has 0 radical (unpaired) electrons. The molecule has 0 saturated carbocycles. The molecule has 2 aromatic carbocycles. The van der Waals surface area contributed by atoms with Crippen molar-refractivity contribution in [2.45, 2.75) is 26.2 Å². The van der Waals surface area contributed by atoms with Gasteiger partial charge in [-0.3, -0.25) is 13.6 Å². The predicted octanol–water partition coefficient (Wildman–Crippen LogP) is 4.37. The molecule has 0 amide bonds. The third-order valence-corrected chi connectivity index (χ3v) is 6.99. The van der Waals surface area contributed by atoms with Gasteiger partial charge < -0.3 is 15.0 Å². The van der Waals surface area contributed by atoms with Crippen LogP contribution in [0.4, 0.5) is 5.95 Å². The van der Waals surface area contributed by atoms with E-state index in [-0.39, 0.29) is 31.7 Å². The first kappa shape index (κ1) is 23.4. The number of aromatic nitrogens is 4. The third kappa shape index (κ3) is 5.86. The first-order valence-corrected chi connectivity index (χ1v) is 12.8. The van der Waals surface area contributed by atoms with E-state index in [1.165, 1.54) is 0 Å². The van der Waals surface area contributed by atoms with Crippen molar-refractivity contribution in [2.75, 3.05) is 18.9 Å². The molecule has 0 unspecified atom stereocenters. The zero-order chi connectivity index (χ0) is 24.1. The number of nitrogens with two attached hydrogens (primary N) is 1. The lowest BCUT2D eigenvalue weighted by Crippen LogP contribution is -2.23. The van der Waals surface area contributed by atoms with Gasteiger partial charge in [0.25, 0.3) is 0 Å². The fourth-order valence-electron chi connectivity index (χ4n) is 3.69. The quantitative estimate of drug-likeness (QED) is 0.337. The van der Waals surface area contributed by atoms with E-state index in [2.05, 4.69) is 15.0 Å². The molecule has 5 rings (SSSR count).